The van der Waals surface area contributed by atoms with Crippen molar-refractivity contribution in [1.82, 2.24) is 0 Å². The Kier molecular flexibility index (Phi) is 7.69. The number of unbranched alkanes of at least 4 members (excludes halogenated alkanes) is 5. The SMILES string of the molecule is CCCCCCCCOC(=O)C(O)c1cccs1. The molecular formula is C14H22O3S. The number of carbonyl (C=O) groups is 1. The predicted molar refractivity (Wildman–Crippen MR) is 73.6 cm³/mol. The van der Waals surface area contributed by atoms with Crippen LogP contribution in [0.1, 0.15) is 56.4 Å². The maximum atomic E-state index is 11.5. The number of rotatable bonds is 9. The molecule has 0 aliphatic carbocycles. The molecule has 0 aliphatic heterocycles. The van der Waals surface area contributed by atoms with Gasteiger partial charge in [0.2, 0.25) is 0 Å². The third kappa shape index (κ3) is 5.65. The number of esters is 1. The summed E-state index contributed by atoms with van der Waals surface area (Å²) in [4.78, 5) is 12.2. The molecule has 1 atom stereocenters. The molecule has 0 radical (unpaired) electrons. The molecule has 1 aromatic heterocycles. The lowest BCUT2D eigenvalue weighted by Crippen LogP contribution is -2.15. The van der Waals surface area contributed by atoms with Gasteiger partial charge in [-0.3, -0.25) is 0 Å². The van der Waals surface area contributed by atoms with Gasteiger partial charge in [-0.05, 0) is 17.9 Å². The van der Waals surface area contributed by atoms with Gasteiger partial charge in [0.15, 0.2) is 6.10 Å². The molecule has 0 saturated carbocycles. The van der Waals surface area contributed by atoms with Crippen LogP contribution in [0.4, 0.5) is 0 Å². The summed E-state index contributed by atoms with van der Waals surface area (Å²) in [5.41, 5.74) is 0. The van der Waals surface area contributed by atoms with E-state index < -0.39 is 12.1 Å². The second-order valence-electron chi connectivity index (χ2n) is 4.35. The lowest BCUT2D eigenvalue weighted by atomic mass is 10.1. The number of aliphatic hydroxyl groups excluding tert-OH is 1. The van der Waals surface area contributed by atoms with E-state index in [1.165, 1.54) is 37.0 Å². The van der Waals surface area contributed by atoms with Crippen LogP contribution >= 0.6 is 11.3 Å². The van der Waals surface area contributed by atoms with Gasteiger partial charge in [0.25, 0.3) is 0 Å². The van der Waals surface area contributed by atoms with Gasteiger partial charge < -0.3 is 9.84 Å². The lowest BCUT2D eigenvalue weighted by molar-refractivity contribution is -0.153. The van der Waals surface area contributed by atoms with Gasteiger partial charge in [-0.25, -0.2) is 4.79 Å². The molecule has 0 bridgehead atoms. The minimum atomic E-state index is -1.12. The lowest BCUT2D eigenvalue weighted by Gasteiger charge is -2.08. The number of carbonyl (C=O) groups excluding carboxylic acids is 1. The van der Waals surface area contributed by atoms with Crippen molar-refractivity contribution in [2.24, 2.45) is 0 Å². The molecule has 1 rings (SSSR count). The molecule has 1 N–H and O–H groups in total. The molecule has 102 valence electrons. The van der Waals surface area contributed by atoms with Gasteiger partial charge in [0.1, 0.15) is 0 Å². The Morgan fingerprint density at radius 1 is 1.33 bits per heavy atom. The van der Waals surface area contributed by atoms with E-state index >= 15 is 0 Å². The van der Waals surface area contributed by atoms with Crippen LogP contribution in [-0.2, 0) is 9.53 Å². The average Bonchev–Trinajstić information content (AvgIpc) is 2.90. The zero-order valence-corrected chi connectivity index (χ0v) is 11.7. The van der Waals surface area contributed by atoms with Crippen molar-refractivity contribution in [2.75, 3.05) is 6.61 Å². The highest BCUT2D eigenvalue weighted by atomic mass is 32.1. The van der Waals surface area contributed by atoms with Gasteiger partial charge in [0.05, 0.1) is 6.61 Å². The Labute approximate surface area is 113 Å². The topological polar surface area (TPSA) is 46.5 Å². The Morgan fingerprint density at radius 3 is 2.72 bits per heavy atom. The van der Waals surface area contributed by atoms with Crippen LogP contribution in [0.25, 0.3) is 0 Å². The molecule has 0 aromatic carbocycles. The van der Waals surface area contributed by atoms with Crippen LogP contribution in [0.3, 0.4) is 0 Å². The maximum absolute atomic E-state index is 11.5. The van der Waals surface area contributed by atoms with Crippen LogP contribution in [0.5, 0.6) is 0 Å². The molecule has 1 unspecified atom stereocenters. The first-order valence-corrected chi connectivity index (χ1v) is 7.51. The number of hydrogen-bond acceptors (Lipinski definition) is 4. The van der Waals surface area contributed by atoms with Gasteiger partial charge >= 0.3 is 5.97 Å². The standard InChI is InChI=1S/C14H22O3S/c1-2-3-4-5-6-7-10-17-14(16)13(15)12-9-8-11-18-12/h8-9,11,13,15H,2-7,10H2,1H3. The predicted octanol–water partition coefficient (Wildman–Crippen LogP) is 3.69. The van der Waals surface area contributed by atoms with Crippen molar-refractivity contribution in [3.05, 3.63) is 22.4 Å². The Balaban J connectivity index is 2.07. The van der Waals surface area contributed by atoms with Gasteiger partial charge in [-0.1, -0.05) is 45.1 Å². The molecule has 0 aliphatic rings. The normalized spacial score (nSPS) is 12.3. The van der Waals surface area contributed by atoms with Gasteiger partial charge in [-0.2, -0.15) is 0 Å². The average molecular weight is 270 g/mol. The quantitative estimate of drug-likeness (QED) is 0.550. The minimum Gasteiger partial charge on any atom is -0.463 e. The first-order chi connectivity index (χ1) is 8.75. The number of thiophene rings is 1. The molecule has 0 spiro atoms. The highest BCUT2D eigenvalue weighted by molar-refractivity contribution is 7.10. The van der Waals surface area contributed by atoms with E-state index in [2.05, 4.69) is 6.92 Å². The van der Waals surface area contributed by atoms with E-state index in [1.54, 1.807) is 6.07 Å². The molecule has 0 fully saturated rings. The molecule has 1 aromatic rings. The summed E-state index contributed by atoms with van der Waals surface area (Å²) in [6.07, 6.45) is 5.81. The summed E-state index contributed by atoms with van der Waals surface area (Å²) < 4.78 is 5.05. The van der Waals surface area contributed by atoms with Crippen LogP contribution in [0.15, 0.2) is 17.5 Å². The highest BCUT2D eigenvalue weighted by Gasteiger charge is 2.19. The third-order valence-electron chi connectivity index (χ3n) is 2.78. The maximum Gasteiger partial charge on any atom is 0.340 e. The van der Waals surface area contributed by atoms with E-state index in [0.29, 0.717) is 11.5 Å². The third-order valence-corrected chi connectivity index (χ3v) is 3.70. The number of aliphatic hydroxyl groups is 1. The number of ether oxygens (including phenoxy) is 1. The van der Waals surface area contributed by atoms with Crippen LogP contribution in [0.2, 0.25) is 0 Å². The highest BCUT2D eigenvalue weighted by Crippen LogP contribution is 2.19. The van der Waals surface area contributed by atoms with Gasteiger partial charge in [-0.15, -0.1) is 11.3 Å². The summed E-state index contributed by atoms with van der Waals surface area (Å²) in [5.74, 6) is -0.536. The van der Waals surface area contributed by atoms with Crippen molar-refractivity contribution in [3.63, 3.8) is 0 Å². The first-order valence-electron chi connectivity index (χ1n) is 6.63. The monoisotopic (exact) mass is 270 g/mol. The summed E-state index contributed by atoms with van der Waals surface area (Å²) in [6.45, 7) is 2.60. The van der Waals surface area contributed by atoms with Crippen molar-refractivity contribution in [1.29, 1.82) is 0 Å². The van der Waals surface area contributed by atoms with Crippen molar-refractivity contribution >= 4 is 17.3 Å². The molecule has 0 amide bonds. The second kappa shape index (κ2) is 9.11. The number of hydrogen-bond donors (Lipinski definition) is 1. The Bertz CT molecular complexity index is 322. The van der Waals surface area contributed by atoms with Crippen molar-refractivity contribution in [3.8, 4) is 0 Å². The Hall–Kier alpha value is -0.870. The minimum absolute atomic E-state index is 0.410. The second-order valence-corrected chi connectivity index (χ2v) is 5.33. The molecule has 18 heavy (non-hydrogen) atoms. The first kappa shape index (κ1) is 15.2. The largest absolute Gasteiger partial charge is 0.463 e. The fourth-order valence-corrected chi connectivity index (χ4v) is 2.39. The molecule has 4 heteroatoms. The van der Waals surface area contributed by atoms with E-state index in [9.17, 15) is 9.90 Å². The van der Waals surface area contributed by atoms with Gasteiger partial charge in [0, 0.05) is 4.88 Å². The van der Waals surface area contributed by atoms with Crippen LogP contribution in [0, 0.1) is 0 Å². The molecule has 0 saturated heterocycles. The van der Waals surface area contributed by atoms with Crippen molar-refractivity contribution < 1.29 is 14.6 Å². The van der Waals surface area contributed by atoms with E-state index in [1.807, 2.05) is 11.4 Å². The van der Waals surface area contributed by atoms with E-state index in [4.69, 9.17) is 4.74 Å². The fourth-order valence-electron chi connectivity index (χ4n) is 1.70. The van der Waals surface area contributed by atoms with E-state index in [-0.39, 0.29) is 0 Å². The molecular weight excluding hydrogens is 248 g/mol. The Morgan fingerprint density at radius 2 is 2.06 bits per heavy atom. The molecule has 1 heterocycles. The zero-order chi connectivity index (χ0) is 13.2. The molecule has 3 nitrogen and oxygen atoms in total. The summed E-state index contributed by atoms with van der Waals surface area (Å²) in [7, 11) is 0. The summed E-state index contributed by atoms with van der Waals surface area (Å²) in [5, 5.41) is 11.5. The van der Waals surface area contributed by atoms with Crippen molar-refractivity contribution in [2.45, 2.75) is 51.6 Å². The summed E-state index contributed by atoms with van der Waals surface area (Å²) >= 11 is 1.36. The van der Waals surface area contributed by atoms with Crippen LogP contribution in [-0.4, -0.2) is 17.7 Å². The smallest absolute Gasteiger partial charge is 0.340 e. The zero-order valence-electron chi connectivity index (χ0n) is 10.9. The van der Waals surface area contributed by atoms with E-state index in [0.717, 1.165) is 12.8 Å². The fraction of sp³-hybridized carbons (Fsp3) is 0.643. The van der Waals surface area contributed by atoms with Crippen LogP contribution < -0.4 is 0 Å². The summed E-state index contributed by atoms with van der Waals surface area (Å²) in [6, 6.07) is 3.55.